The zero-order valence-electron chi connectivity index (χ0n) is 14.5. The van der Waals surface area contributed by atoms with E-state index in [4.69, 9.17) is 9.26 Å². The first-order valence-corrected chi connectivity index (χ1v) is 7.71. The Balaban J connectivity index is 1.99. The monoisotopic (exact) mass is 316 g/mol. The summed E-state index contributed by atoms with van der Waals surface area (Å²) >= 11 is 0. The second-order valence-corrected chi connectivity index (χ2v) is 5.87. The Hall–Kier alpha value is -2.30. The lowest BCUT2D eigenvalue weighted by molar-refractivity contribution is -0.130. The van der Waals surface area contributed by atoms with Gasteiger partial charge in [0, 0.05) is 31.1 Å². The topological polar surface area (TPSA) is 55.6 Å². The molecule has 0 spiro atoms. The fourth-order valence-electron chi connectivity index (χ4n) is 2.66. The molecule has 0 aliphatic rings. The molecule has 0 N–H and O–H groups in total. The smallest absolute Gasteiger partial charge is 0.222 e. The summed E-state index contributed by atoms with van der Waals surface area (Å²) in [5.41, 5.74) is 4.05. The molecule has 1 amide bonds. The molecule has 0 atom stereocenters. The highest BCUT2D eigenvalue weighted by molar-refractivity contribution is 5.76. The lowest BCUT2D eigenvalue weighted by Crippen LogP contribution is -2.26. The lowest BCUT2D eigenvalue weighted by atomic mass is 10.1. The number of hydrogen-bond donors (Lipinski definition) is 0. The minimum absolute atomic E-state index is 0.0913. The molecule has 0 aliphatic heterocycles. The van der Waals surface area contributed by atoms with Gasteiger partial charge in [-0.3, -0.25) is 4.79 Å². The molecule has 0 radical (unpaired) electrons. The van der Waals surface area contributed by atoms with Crippen molar-refractivity contribution in [3.8, 4) is 5.75 Å². The molecule has 1 aromatic heterocycles. The molecule has 0 unspecified atom stereocenters. The molecule has 124 valence electrons. The van der Waals surface area contributed by atoms with Gasteiger partial charge in [-0.2, -0.15) is 0 Å². The molecule has 1 heterocycles. The molecular formula is C18H24N2O3. The van der Waals surface area contributed by atoms with Gasteiger partial charge in [-0.25, -0.2) is 0 Å². The molecular weight excluding hydrogens is 292 g/mol. The Morgan fingerprint density at radius 2 is 2.04 bits per heavy atom. The molecule has 0 saturated heterocycles. The average molecular weight is 316 g/mol. The molecule has 2 rings (SSSR count). The predicted octanol–water partition coefficient (Wildman–Crippen LogP) is 3.20. The van der Waals surface area contributed by atoms with Crippen molar-refractivity contribution in [3.63, 3.8) is 0 Å². The minimum Gasteiger partial charge on any atom is -0.496 e. The number of aryl methyl sites for hydroxylation is 3. The first-order chi connectivity index (χ1) is 10.9. The van der Waals surface area contributed by atoms with E-state index < -0.39 is 0 Å². The summed E-state index contributed by atoms with van der Waals surface area (Å²) in [6.07, 6.45) is 1.09. The maximum atomic E-state index is 12.4. The van der Waals surface area contributed by atoms with E-state index in [1.807, 2.05) is 40.0 Å². The fraction of sp³-hybridized carbons (Fsp3) is 0.444. The number of carbonyl (C=O) groups is 1. The van der Waals surface area contributed by atoms with Crippen molar-refractivity contribution in [1.29, 1.82) is 0 Å². The van der Waals surface area contributed by atoms with Crippen LogP contribution in [-0.4, -0.2) is 30.1 Å². The summed E-state index contributed by atoms with van der Waals surface area (Å²) in [4.78, 5) is 14.1. The van der Waals surface area contributed by atoms with E-state index in [2.05, 4.69) is 11.2 Å². The lowest BCUT2D eigenvalue weighted by Gasteiger charge is -2.19. The first-order valence-electron chi connectivity index (χ1n) is 7.71. The van der Waals surface area contributed by atoms with Crippen LogP contribution in [0.5, 0.6) is 5.75 Å². The van der Waals surface area contributed by atoms with E-state index in [-0.39, 0.29) is 5.91 Å². The van der Waals surface area contributed by atoms with E-state index in [1.165, 1.54) is 0 Å². The number of methoxy groups -OCH3 is 1. The van der Waals surface area contributed by atoms with Crippen LogP contribution in [0.25, 0.3) is 0 Å². The van der Waals surface area contributed by atoms with Gasteiger partial charge in [0.25, 0.3) is 0 Å². The molecule has 23 heavy (non-hydrogen) atoms. The summed E-state index contributed by atoms with van der Waals surface area (Å²) in [6, 6.07) is 5.99. The van der Waals surface area contributed by atoms with Crippen LogP contribution in [0.1, 0.15) is 34.6 Å². The van der Waals surface area contributed by atoms with Crippen LogP contribution in [0, 0.1) is 20.8 Å². The average Bonchev–Trinajstić information content (AvgIpc) is 2.84. The number of aromatic nitrogens is 1. The maximum absolute atomic E-state index is 12.4. The normalized spacial score (nSPS) is 10.7. The van der Waals surface area contributed by atoms with Gasteiger partial charge in [0.2, 0.25) is 5.91 Å². The highest BCUT2D eigenvalue weighted by Crippen LogP contribution is 2.21. The van der Waals surface area contributed by atoms with Crippen molar-refractivity contribution in [2.75, 3.05) is 14.2 Å². The Kier molecular flexibility index (Phi) is 5.42. The predicted molar refractivity (Wildman–Crippen MR) is 88.5 cm³/mol. The summed E-state index contributed by atoms with van der Waals surface area (Å²) in [5, 5.41) is 3.92. The van der Waals surface area contributed by atoms with Crippen molar-refractivity contribution < 1.29 is 14.1 Å². The fourth-order valence-corrected chi connectivity index (χ4v) is 2.66. The van der Waals surface area contributed by atoms with Crippen molar-refractivity contribution in [1.82, 2.24) is 10.1 Å². The molecule has 0 fully saturated rings. The molecule has 0 saturated carbocycles. The Bertz CT molecular complexity index is 672. The van der Waals surface area contributed by atoms with Gasteiger partial charge in [0.05, 0.1) is 12.8 Å². The Morgan fingerprint density at radius 1 is 1.30 bits per heavy atom. The summed E-state index contributed by atoms with van der Waals surface area (Å²) in [5.74, 6) is 1.69. The van der Waals surface area contributed by atoms with Gasteiger partial charge in [0.15, 0.2) is 0 Å². The Labute approximate surface area is 137 Å². The third-order valence-corrected chi connectivity index (χ3v) is 4.04. The minimum atomic E-state index is 0.0913. The highest BCUT2D eigenvalue weighted by Gasteiger charge is 2.15. The van der Waals surface area contributed by atoms with Crippen LogP contribution < -0.4 is 4.74 Å². The van der Waals surface area contributed by atoms with Gasteiger partial charge in [-0.15, -0.1) is 0 Å². The number of carbonyl (C=O) groups excluding carboxylic acids is 1. The third-order valence-electron chi connectivity index (χ3n) is 4.04. The van der Waals surface area contributed by atoms with Crippen molar-refractivity contribution in [3.05, 3.63) is 46.3 Å². The maximum Gasteiger partial charge on any atom is 0.222 e. The first kappa shape index (κ1) is 17.1. The van der Waals surface area contributed by atoms with Gasteiger partial charge in [-0.1, -0.05) is 22.9 Å². The van der Waals surface area contributed by atoms with Crippen LogP contribution in [0.4, 0.5) is 0 Å². The second-order valence-electron chi connectivity index (χ2n) is 5.87. The molecule has 5 nitrogen and oxygen atoms in total. The Morgan fingerprint density at radius 3 is 2.65 bits per heavy atom. The highest BCUT2D eigenvalue weighted by atomic mass is 16.5. The molecule has 2 aromatic rings. The van der Waals surface area contributed by atoms with Gasteiger partial charge >= 0.3 is 0 Å². The molecule has 0 bridgehead atoms. The van der Waals surface area contributed by atoms with Crippen LogP contribution in [0.2, 0.25) is 0 Å². The number of nitrogens with zero attached hydrogens (tertiary/aromatic N) is 2. The van der Waals surface area contributed by atoms with Crippen molar-refractivity contribution in [2.45, 2.75) is 40.2 Å². The molecule has 1 aromatic carbocycles. The van der Waals surface area contributed by atoms with Crippen LogP contribution >= 0.6 is 0 Å². The van der Waals surface area contributed by atoms with Crippen LogP contribution in [-0.2, 0) is 17.8 Å². The quantitative estimate of drug-likeness (QED) is 0.821. The number of benzene rings is 1. The second kappa shape index (κ2) is 7.31. The SMILES string of the molecule is COc1ccc(C)cc1CN(C)C(=O)CCc1c(C)noc1C. The third kappa shape index (κ3) is 4.12. The van der Waals surface area contributed by atoms with Crippen molar-refractivity contribution >= 4 is 5.91 Å². The number of amides is 1. The van der Waals surface area contributed by atoms with E-state index >= 15 is 0 Å². The van der Waals surface area contributed by atoms with Crippen molar-refractivity contribution in [2.24, 2.45) is 0 Å². The van der Waals surface area contributed by atoms with Gasteiger partial charge in [0.1, 0.15) is 11.5 Å². The largest absolute Gasteiger partial charge is 0.496 e. The standard InChI is InChI=1S/C18H24N2O3/c1-12-6-8-17(22-5)15(10-12)11-20(4)18(21)9-7-16-13(2)19-23-14(16)3/h6,8,10H,7,9,11H2,1-5H3. The zero-order valence-corrected chi connectivity index (χ0v) is 14.5. The van der Waals surface area contributed by atoms with E-state index in [0.717, 1.165) is 33.9 Å². The number of rotatable bonds is 6. The molecule has 0 aliphatic carbocycles. The van der Waals surface area contributed by atoms with E-state index in [0.29, 0.717) is 19.4 Å². The number of ether oxygens (including phenoxy) is 1. The summed E-state index contributed by atoms with van der Waals surface area (Å²) < 4.78 is 10.5. The zero-order chi connectivity index (χ0) is 17.0. The van der Waals surface area contributed by atoms with E-state index in [1.54, 1.807) is 12.0 Å². The molecule has 5 heteroatoms. The van der Waals surface area contributed by atoms with Crippen LogP contribution in [0.15, 0.2) is 22.7 Å². The summed E-state index contributed by atoms with van der Waals surface area (Å²) in [6.45, 7) is 6.34. The summed E-state index contributed by atoms with van der Waals surface area (Å²) in [7, 11) is 3.46. The van der Waals surface area contributed by atoms with Crippen LogP contribution in [0.3, 0.4) is 0 Å². The number of hydrogen-bond acceptors (Lipinski definition) is 4. The van der Waals surface area contributed by atoms with Gasteiger partial charge < -0.3 is 14.2 Å². The van der Waals surface area contributed by atoms with Gasteiger partial charge in [-0.05, 0) is 33.3 Å². The van der Waals surface area contributed by atoms with E-state index in [9.17, 15) is 4.79 Å².